The summed E-state index contributed by atoms with van der Waals surface area (Å²) in [4.78, 5) is 0. The third-order valence-electron chi connectivity index (χ3n) is 2.97. The van der Waals surface area contributed by atoms with Crippen molar-refractivity contribution in [2.45, 2.75) is 13.5 Å². The van der Waals surface area contributed by atoms with Crippen molar-refractivity contribution in [3.63, 3.8) is 0 Å². The van der Waals surface area contributed by atoms with Crippen molar-refractivity contribution in [3.05, 3.63) is 40.7 Å². The predicted octanol–water partition coefficient (Wildman–Crippen LogP) is 0.582. The van der Waals surface area contributed by atoms with Crippen LogP contribution in [-0.4, -0.2) is 34.1 Å². The molecule has 2 rings (SSSR count). The molecule has 0 aliphatic heterocycles. The molecule has 0 fully saturated rings. The molecule has 0 aliphatic carbocycles. The van der Waals surface area contributed by atoms with Crippen LogP contribution >= 0.6 is 11.6 Å². The topological polar surface area (TPSA) is 67.5 Å². The van der Waals surface area contributed by atoms with Crippen molar-refractivity contribution in [1.29, 1.82) is 0 Å². The lowest BCUT2D eigenvalue weighted by atomic mass is 9.79. The highest BCUT2D eigenvalue weighted by Crippen LogP contribution is 2.20. The Balaban J connectivity index is 2.37. The molecule has 1 heterocycles. The molecule has 0 amide bonds. The lowest BCUT2D eigenvalue weighted by molar-refractivity contribution is 0.406. The molecule has 7 heteroatoms. The van der Waals surface area contributed by atoms with Gasteiger partial charge in [-0.15, -0.1) is 0 Å². The summed E-state index contributed by atoms with van der Waals surface area (Å²) < 4.78 is 6.99. The summed E-state index contributed by atoms with van der Waals surface area (Å²) in [7, 11) is 0.0588. The second-order valence-electron chi connectivity index (χ2n) is 4.18. The van der Waals surface area contributed by atoms with E-state index in [0.717, 1.165) is 11.3 Å². The van der Waals surface area contributed by atoms with Crippen LogP contribution in [0.2, 0.25) is 5.02 Å². The van der Waals surface area contributed by atoms with Gasteiger partial charge in [0, 0.05) is 5.56 Å². The summed E-state index contributed by atoms with van der Waals surface area (Å²) in [5.41, 5.74) is 2.06. The van der Waals surface area contributed by atoms with Crippen LogP contribution in [0, 0.1) is 6.92 Å². The van der Waals surface area contributed by atoms with Crippen LogP contribution in [0.25, 0.3) is 0 Å². The van der Waals surface area contributed by atoms with Crippen LogP contribution in [0.4, 0.5) is 0 Å². The molecule has 1 aromatic heterocycles. The number of methoxy groups -OCH3 is 1. The normalized spacial score (nSPS) is 10.6. The molecule has 0 bridgehead atoms. The Morgan fingerprint density at radius 2 is 2.16 bits per heavy atom. The maximum atomic E-state index is 9.21. The number of ether oxygens (including phenoxy) is 1. The van der Waals surface area contributed by atoms with Crippen LogP contribution < -0.4 is 10.2 Å². The Bertz CT molecular complexity index is 586. The van der Waals surface area contributed by atoms with Crippen LogP contribution in [0.5, 0.6) is 5.75 Å². The number of aromatic nitrogens is 2. The SMILES string of the molecule is COc1ccc(B(O)O)cc1Cn1ncc(Cl)c1C. The van der Waals surface area contributed by atoms with Crippen molar-refractivity contribution in [3.8, 4) is 5.75 Å². The number of rotatable bonds is 4. The van der Waals surface area contributed by atoms with E-state index in [1.165, 1.54) is 0 Å². The van der Waals surface area contributed by atoms with Gasteiger partial charge in [0.15, 0.2) is 0 Å². The lowest BCUT2D eigenvalue weighted by Gasteiger charge is -2.12. The van der Waals surface area contributed by atoms with E-state index in [9.17, 15) is 10.0 Å². The molecule has 0 saturated heterocycles. The van der Waals surface area contributed by atoms with Crippen molar-refractivity contribution >= 4 is 24.2 Å². The fraction of sp³-hybridized carbons (Fsp3) is 0.250. The van der Waals surface area contributed by atoms with E-state index in [1.807, 2.05) is 6.92 Å². The Morgan fingerprint density at radius 3 is 2.68 bits per heavy atom. The van der Waals surface area contributed by atoms with E-state index in [2.05, 4.69) is 5.10 Å². The van der Waals surface area contributed by atoms with E-state index in [0.29, 0.717) is 22.8 Å². The fourth-order valence-corrected chi connectivity index (χ4v) is 1.97. The molecular formula is C12H14BClN2O3. The monoisotopic (exact) mass is 280 g/mol. The smallest absolute Gasteiger partial charge is 0.488 e. The van der Waals surface area contributed by atoms with Gasteiger partial charge in [0.2, 0.25) is 0 Å². The molecule has 19 heavy (non-hydrogen) atoms. The van der Waals surface area contributed by atoms with Crippen LogP contribution in [0.15, 0.2) is 24.4 Å². The van der Waals surface area contributed by atoms with Gasteiger partial charge in [-0.3, -0.25) is 4.68 Å². The lowest BCUT2D eigenvalue weighted by Crippen LogP contribution is -2.30. The molecule has 0 saturated carbocycles. The molecule has 0 atom stereocenters. The second-order valence-corrected chi connectivity index (χ2v) is 4.59. The predicted molar refractivity (Wildman–Crippen MR) is 73.9 cm³/mol. The minimum atomic E-state index is -1.51. The summed E-state index contributed by atoms with van der Waals surface area (Å²) in [6, 6.07) is 4.99. The summed E-state index contributed by atoms with van der Waals surface area (Å²) in [5, 5.41) is 23.2. The second kappa shape index (κ2) is 5.65. The van der Waals surface area contributed by atoms with Gasteiger partial charge in [-0.25, -0.2) is 0 Å². The Morgan fingerprint density at radius 1 is 1.42 bits per heavy atom. The van der Waals surface area contributed by atoms with Crippen molar-refractivity contribution in [2.24, 2.45) is 0 Å². The van der Waals surface area contributed by atoms with Gasteiger partial charge in [-0.05, 0) is 18.5 Å². The first-order valence-corrected chi connectivity index (χ1v) is 6.11. The highest BCUT2D eigenvalue weighted by Gasteiger charge is 2.15. The van der Waals surface area contributed by atoms with Gasteiger partial charge in [-0.2, -0.15) is 5.10 Å². The summed E-state index contributed by atoms with van der Waals surface area (Å²) in [6.07, 6.45) is 1.58. The summed E-state index contributed by atoms with van der Waals surface area (Å²) >= 11 is 5.96. The van der Waals surface area contributed by atoms with Crippen molar-refractivity contribution in [1.82, 2.24) is 9.78 Å². The maximum absolute atomic E-state index is 9.21. The van der Waals surface area contributed by atoms with E-state index in [-0.39, 0.29) is 0 Å². The number of nitrogens with zero attached hydrogens (tertiary/aromatic N) is 2. The van der Waals surface area contributed by atoms with Crippen molar-refractivity contribution < 1.29 is 14.8 Å². The van der Waals surface area contributed by atoms with E-state index in [4.69, 9.17) is 16.3 Å². The average molecular weight is 281 g/mol. The number of halogens is 1. The van der Waals surface area contributed by atoms with E-state index < -0.39 is 7.12 Å². The van der Waals surface area contributed by atoms with Gasteiger partial charge in [0.25, 0.3) is 0 Å². The van der Waals surface area contributed by atoms with Gasteiger partial charge in [-0.1, -0.05) is 23.7 Å². The van der Waals surface area contributed by atoms with Gasteiger partial charge in [0.05, 0.1) is 30.6 Å². The minimum Gasteiger partial charge on any atom is -0.496 e. The molecule has 2 N–H and O–H groups in total. The zero-order valence-electron chi connectivity index (χ0n) is 10.7. The number of benzene rings is 1. The van der Waals surface area contributed by atoms with Crippen LogP contribution in [-0.2, 0) is 6.54 Å². The largest absolute Gasteiger partial charge is 0.496 e. The van der Waals surface area contributed by atoms with Crippen LogP contribution in [0.3, 0.4) is 0 Å². The number of hydrogen-bond acceptors (Lipinski definition) is 4. The Hall–Kier alpha value is -1.50. The standard InChI is InChI=1S/C12H14BClN2O3/c1-8-11(14)6-15-16(8)7-9-5-10(13(17)18)3-4-12(9)19-2/h3-6,17-18H,7H2,1-2H3. The molecule has 100 valence electrons. The highest BCUT2D eigenvalue weighted by atomic mass is 35.5. The first-order valence-electron chi connectivity index (χ1n) is 5.73. The molecular weight excluding hydrogens is 266 g/mol. The third kappa shape index (κ3) is 2.92. The Kier molecular flexibility index (Phi) is 4.14. The zero-order valence-corrected chi connectivity index (χ0v) is 11.4. The molecule has 0 unspecified atom stereocenters. The highest BCUT2D eigenvalue weighted by molar-refractivity contribution is 6.58. The van der Waals surface area contributed by atoms with Gasteiger partial charge in [0.1, 0.15) is 5.75 Å². The third-order valence-corrected chi connectivity index (χ3v) is 3.34. The summed E-state index contributed by atoms with van der Waals surface area (Å²) in [6.45, 7) is 2.31. The average Bonchev–Trinajstić information content (AvgIpc) is 2.70. The summed E-state index contributed by atoms with van der Waals surface area (Å²) in [5.74, 6) is 0.662. The first kappa shape index (κ1) is 13.9. The molecule has 0 aliphatic rings. The first-order chi connectivity index (χ1) is 9.02. The molecule has 0 spiro atoms. The quantitative estimate of drug-likeness (QED) is 0.804. The molecule has 2 aromatic rings. The maximum Gasteiger partial charge on any atom is 0.488 e. The fourth-order valence-electron chi connectivity index (χ4n) is 1.83. The van der Waals surface area contributed by atoms with Gasteiger partial charge < -0.3 is 14.8 Å². The molecule has 0 radical (unpaired) electrons. The molecule has 1 aromatic carbocycles. The van der Waals surface area contributed by atoms with Crippen LogP contribution in [0.1, 0.15) is 11.3 Å². The van der Waals surface area contributed by atoms with E-state index >= 15 is 0 Å². The Labute approximate surface area is 116 Å². The number of hydrogen-bond donors (Lipinski definition) is 2. The zero-order chi connectivity index (χ0) is 14.0. The van der Waals surface area contributed by atoms with Gasteiger partial charge >= 0.3 is 7.12 Å². The van der Waals surface area contributed by atoms with E-state index in [1.54, 1.807) is 36.2 Å². The van der Waals surface area contributed by atoms with Crippen molar-refractivity contribution in [2.75, 3.05) is 7.11 Å². The molecule has 5 nitrogen and oxygen atoms in total. The minimum absolute atomic E-state index is 0.409.